The van der Waals surface area contributed by atoms with Crippen LogP contribution in [0, 0.1) is 28.6 Å². The number of amides is 1. The standard InChI is InChI=1S/C28H49N7O/c1-4-10-21-18-32-19-22(24(21)35-15-8-6-7-9-16-35)34-27(36)23(26(30)31)25-28(3,5-2)13-11-20(12-14-29)17-33-25/h18,20,22-24,26,32H,4-13,15-17,19,30-31H2,1-3H3,(H,34,36)/t20?,22?,23?,24?,28-/m0/s1. The Hall–Kier alpha value is -1.95. The molecule has 0 radical (unpaired) electrons. The Morgan fingerprint density at radius 2 is 2.03 bits per heavy atom. The van der Waals surface area contributed by atoms with Gasteiger partial charge in [0.15, 0.2) is 0 Å². The van der Waals surface area contributed by atoms with Crippen LogP contribution in [0.2, 0.25) is 0 Å². The molecule has 0 saturated carbocycles. The molecule has 3 aliphatic rings. The molecular weight excluding hydrogens is 450 g/mol. The van der Waals surface area contributed by atoms with Crippen LogP contribution < -0.4 is 22.1 Å². The number of hydrogen-bond donors (Lipinski definition) is 4. The lowest BCUT2D eigenvalue weighted by molar-refractivity contribution is -0.124. The minimum absolute atomic E-state index is 0.0472. The van der Waals surface area contributed by atoms with Crippen molar-refractivity contribution in [2.24, 2.45) is 33.7 Å². The molecule has 8 nitrogen and oxygen atoms in total. The third-order valence-corrected chi connectivity index (χ3v) is 8.65. The number of nitrogens with two attached hydrogens (primary N) is 2. The summed E-state index contributed by atoms with van der Waals surface area (Å²) in [6, 6.07) is 2.44. The summed E-state index contributed by atoms with van der Waals surface area (Å²) in [6.45, 7) is 9.90. The smallest absolute Gasteiger partial charge is 0.232 e. The zero-order chi connectivity index (χ0) is 26.1. The highest BCUT2D eigenvalue weighted by Crippen LogP contribution is 2.38. The molecule has 6 N–H and O–H groups in total. The molecule has 0 bridgehead atoms. The number of hydrogen-bond acceptors (Lipinski definition) is 7. The molecule has 3 heterocycles. The van der Waals surface area contributed by atoms with Crippen LogP contribution in [-0.4, -0.2) is 60.9 Å². The number of nitrogens with one attached hydrogen (secondary N) is 2. The Balaban J connectivity index is 1.87. The highest BCUT2D eigenvalue weighted by atomic mass is 16.2. The van der Waals surface area contributed by atoms with E-state index in [1.54, 1.807) is 0 Å². The van der Waals surface area contributed by atoms with Gasteiger partial charge in [0, 0.05) is 30.6 Å². The zero-order valence-corrected chi connectivity index (χ0v) is 22.8. The Bertz CT molecular complexity index is 824. The van der Waals surface area contributed by atoms with Gasteiger partial charge in [0.25, 0.3) is 0 Å². The predicted molar refractivity (Wildman–Crippen MR) is 146 cm³/mol. The minimum atomic E-state index is -0.832. The normalized spacial score (nSPS) is 30.8. The van der Waals surface area contributed by atoms with Crippen molar-refractivity contribution in [2.75, 3.05) is 26.2 Å². The summed E-state index contributed by atoms with van der Waals surface area (Å²) >= 11 is 0. The third-order valence-electron chi connectivity index (χ3n) is 8.65. The number of rotatable bonds is 9. The van der Waals surface area contributed by atoms with Gasteiger partial charge in [0.05, 0.1) is 24.3 Å². The second kappa shape index (κ2) is 13.6. The van der Waals surface area contributed by atoms with Crippen LogP contribution in [0.25, 0.3) is 0 Å². The van der Waals surface area contributed by atoms with Crippen LogP contribution in [0.15, 0.2) is 16.8 Å². The molecule has 202 valence electrons. The molecule has 0 aliphatic carbocycles. The molecular formula is C28H49N7O. The molecule has 0 aromatic heterocycles. The Morgan fingerprint density at radius 3 is 2.64 bits per heavy atom. The van der Waals surface area contributed by atoms with E-state index >= 15 is 0 Å². The quantitative estimate of drug-likeness (QED) is 0.361. The second-order valence-electron chi connectivity index (χ2n) is 11.3. The molecule has 8 heteroatoms. The van der Waals surface area contributed by atoms with E-state index in [-0.39, 0.29) is 29.3 Å². The lowest BCUT2D eigenvalue weighted by atomic mass is 9.72. The number of nitrogens with zero attached hydrogens (tertiary/aromatic N) is 3. The van der Waals surface area contributed by atoms with Crippen molar-refractivity contribution in [1.29, 1.82) is 5.26 Å². The summed E-state index contributed by atoms with van der Waals surface area (Å²) in [5.41, 5.74) is 14.6. The summed E-state index contributed by atoms with van der Waals surface area (Å²) in [5, 5.41) is 16.1. The molecule has 0 aromatic carbocycles. The fourth-order valence-electron chi connectivity index (χ4n) is 6.31. The largest absolute Gasteiger partial charge is 0.389 e. The van der Waals surface area contributed by atoms with Gasteiger partial charge in [0.1, 0.15) is 5.92 Å². The number of carbonyl (C=O) groups is 1. The number of likely N-dealkylation sites (tertiary alicyclic amines) is 1. The predicted octanol–water partition coefficient (Wildman–Crippen LogP) is 3.04. The van der Waals surface area contributed by atoms with Gasteiger partial charge < -0.3 is 22.1 Å². The first-order chi connectivity index (χ1) is 17.3. The first-order valence-electron chi connectivity index (χ1n) is 14.2. The van der Waals surface area contributed by atoms with E-state index in [0.717, 1.165) is 50.9 Å². The highest BCUT2D eigenvalue weighted by molar-refractivity contribution is 6.07. The van der Waals surface area contributed by atoms with Crippen LogP contribution in [0.4, 0.5) is 0 Å². The van der Waals surface area contributed by atoms with E-state index in [0.29, 0.717) is 19.5 Å². The van der Waals surface area contributed by atoms with Gasteiger partial charge in [0.2, 0.25) is 5.91 Å². The second-order valence-corrected chi connectivity index (χ2v) is 11.3. The van der Waals surface area contributed by atoms with Crippen LogP contribution >= 0.6 is 0 Å². The first kappa shape index (κ1) is 28.6. The lowest BCUT2D eigenvalue weighted by Crippen LogP contribution is -2.62. The SMILES string of the molecule is CCCC1=CNCC(NC(=O)C(C2=NCC(CC#N)CC[C@]2(C)CC)C(N)N)C1N1CCCCCC1. The van der Waals surface area contributed by atoms with E-state index in [2.05, 4.69) is 48.6 Å². The van der Waals surface area contributed by atoms with Crippen molar-refractivity contribution in [3.8, 4) is 6.07 Å². The first-order valence-corrected chi connectivity index (χ1v) is 14.2. The summed E-state index contributed by atoms with van der Waals surface area (Å²) in [5.74, 6) is -0.583. The molecule has 0 aromatic rings. The molecule has 36 heavy (non-hydrogen) atoms. The van der Waals surface area contributed by atoms with Gasteiger partial charge in [-0.3, -0.25) is 14.7 Å². The third kappa shape index (κ3) is 6.87. The van der Waals surface area contributed by atoms with Gasteiger partial charge in [-0.05, 0) is 69.3 Å². The number of aliphatic imine (C=N–C) groups is 1. The topological polar surface area (TPSA) is 133 Å². The molecule has 5 atom stereocenters. The summed E-state index contributed by atoms with van der Waals surface area (Å²) in [7, 11) is 0. The van der Waals surface area contributed by atoms with Gasteiger partial charge in [-0.1, -0.05) is 40.0 Å². The number of carbonyl (C=O) groups excluding carboxylic acids is 1. The maximum absolute atomic E-state index is 14.0. The van der Waals surface area contributed by atoms with Gasteiger partial charge in [-0.2, -0.15) is 5.26 Å². The van der Waals surface area contributed by atoms with E-state index in [1.165, 1.54) is 31.3 Å². The Labute approximate surface area is 218 Å². The maximum Gasteiger partial charge on any atom is 0.232 e. The van der Waals surface area contributed by atoms with Crippen LogP contribution in [0.5, 0.6) is 0 Å². The Morgan fingerprint density at radius 1 is 1.31 bits per heavy atom. The zero-order valence-electron chi connectivity index (χ0n) is 22.8. The van der Waals surface area contributed by atoms with Crippen molar-refractivity contribution in [2.45, 2.75) is 103 Å². The van der Waals surface area contributed by atoms with E-state index < -0.39 is 12.1 Å². The van der Waals surface area contributed by atoms with Crippen LogP contribution in [0.3, 0.4) is 0 Å². The fraction of sp³-hybridized carbons (Fsp3) is 0.821. The molecule has 3 rings (SSSR count). The summed E-state index contributed by atoms with van der Waals surface area (Å²) < 4.78 is 0. The van der Waals surface area contributed by atoms with Gasteiger partial charge in [-0.15, -0.1) is 0 Å². The average molecular weight is 500 g/mol. The lowest BCUT2D eigenvalue weighted by Gasteiger charge is -2.42. The van der Waals surface area contributed by atoms with Crippen LogP contribution in [-0.2, 0) is 4.79 Å². The van der Waals surface area contributed by atoms with Crippen LogP contribution in [0.1, 0.15) is 85.0 Å². The van der Waals surface area contributed by atoms with Gasteiger partial charge >= 0.3 is 0 Å². The van der Waals surface area contributed by atoms with E-state index in [9.17, 15) is 10.1 Å². The van der Waals surface area contributed by atoms with Gasteiger partial charge in [-0.25, -0.2) is 0 Å². The van der Waals surface area contributed by atoms with Crippen molar-refractivity contribution in [1.82, 2.24) is 15.5 Å². The molecule has 1 saturated heterocycles. The number of nitriles is 1. The summed E-state index contributed by atoms with van der Waals surface area (Å²) in [4.78, 5) is 21.5. The minimum Gasteiger partial charge on any atom is -0.389 e. The van der Waals surface area contributed by atoms with Crippen molar-refractivity contribution >= 4 is 11.6 Å². The Kier molecular flexibility index (Phi) is 10.8. The molecule has 1 fully saturated rings. The maximum atomic E-state index is 14.0. The molecule has 0 spiro atoms. The van der Waals surface area contributed by atoms with Crippen molar-refractivity contribution < 1.29 is 4.79 Å². The molecule has 3 aliphatic heterocycles. The monoisotopic (exact) mass is 499 g/mol. The molecule has 1 amide bonds. The average Bonchev–Trinajstić information content (AvgIpc) is 3.21. The van der Waals surface area contributed by atoms with Crippen molar-refractivity contribution in [3.63, 3.8) is 0 Å². The highest BCUT2D eigenvalue weighted by Gasteiger charge is 2.43. The van der Waals surface area contributed by atoms with E-state index in [4.69, 9.17) is 16.5 Å². The van der Waals surface area contributed by atoms with Crippen molar-refractivity contribution in [3.05, 3.63) is 11.8 Å². The summed E-state index contributed by atoms with van der Waals surface area (Å²) in [6.07, 6.45) is 11.5. The fourth-order valence-corrected chi connectivity index (χ4v) is 6.31. The van der Waals surface area contributed by atoms with E-state index in [1.807, 2.05) is 0 Å². The molecule has 4 unspecified atom stereocenters.